The average Bonchev–Trinajstić information content (AvgIpc) is 2.87. The third-order valence-corrected chi connectivity index (χ3v) is 6.30. The summed E-state index contributed by atoms with van der Waals surface area (Å²) in [5.74, 6) is 0.973. The highest BCUT2D eigenvalue weighted by Gasteiger charge is 2.18. The molecule has 3 aromatic carbocycles. The Morgan fingerprint density at radius 2 is 1.71 bits per heavy atom. The smallest absolute Gasteiger partial charge is 0.281 e. The molecule has 0 radical (unpaired) electrons. The van der Waals surface area contributed by atoms with Crippen LogP contribution in [0.5, 0.6) is 5.75 Å². The van der Waals surface area contributed by atoms with E-state index in [2.05, 4.69) is 11.1 Å². The van der Waals surface area contributed by atoms with Crippen molar-refractivity contribution in [3.63, 3.8) is 0 Å². The van der Waals surface area contributed by atoms with E-state index in [1.54, 1.807) is 18.2 Å². The largest absolute Gasteiger partial charge is 0.488 e. The average molecular weight is 510 g/mol. The summed E-state index contributed by atoms with van der Waals surface area (Å²) in [4.78, 5) is 17.5. The highest BCUT2D eigenvalue weighted by Crippen LogP contribution is 2.28. The van der Waals surface area contributed by atoms with Crippen LogP contribution in [0.25, 0.3) is 22.3 Å². The summed E-state index contributed by atoms with van der Waals surface area (Å²) in [7, 11) is 0. The number of hydrogen-bond acceptors (Lipinski definition) is 4. The molecule has 4 aromatic rings. The second-order valence-electron chi connectivity index (χ2n) is 10.3. The van der Waals surface area contributed by atoms with Crippen LogP contribution in [0.15, 0.2) is 71.5 Å². The Labute approximate surface area is 223 Å². The second-order valence-corrected chi connectivity index (χ2v) is 10.3. The third kappa shape index (κ3) is 5.84. The number of nitriles is 1. The number of benzene rings is 3. The number of halogens is 1. The Morgan fingerprint density at radius 3 is 2.34 bits per heavy atom. The van der Waals surface area contributed by atoms with Crippen molar-refractivity contribution >= 4 is 0 Å². The van der Waals surface area contributed by atoms with E-state index in [-0.39, 0.29) is 23.5 Å². The number of ether oxygens (including phenoxy) is 1. The maximum atomic E-state index is 15.4. The molecule has 6 heteroatoms. The molecule has 0 aliphatic rings. The first-order valence-corrected chi connectivity index (χ1v) is 12.8. The highest BCUT2D eigenvalue weighted by molar-refractivity contribution is 5.71. The molecule has 0 fully saturated rings. The molecule has 0 amide bonds. The van der Waals surface area contributed by atoms with Crippen molar-refractivity contribution < 1.29 is 9.13 Å². The standard InChI is InChI=1S/C32H32FN3O2/c1-6-9-29-35-31(37)30(22-14-16-26(17-15-22)38-32(3,4)5)21(2)36(29)20-25-13-12-23(18-28(25)33)27-11-8-7-10-24(27)19-34/h7-8,10-18H,6,9,20H2,1-5H3. The lowest BCUT2D eigenvalue weighted by Gasteiger charge is -2.22. The SMILES string of the molecule is CCCc1nc(=O)c(-c2ccc(OC(C)(C)C)cc2)c(C)n1Cc1ccc(-c2ccccc2C#N)cc1F. The molecule has 5 nitrogen and oxygen atoms in total. The lowest BCUT2D eigenvalue weighted by Crippen LogP contribution is -2.24. The molecule has 1 aromatic heterocycles. The van der Waals surface area contributed by atoms with Gasteiger partial charge in [0.1, 0.15) is 23.0 Å². The van der Waals surface area contributed by atoms with Crippen LogP contribution in [-0.4, -0.2) is 15.2 Å². The van der Waals surface area contributed by atoms with Crippen LogP contribution in [0.2, 0.25) is 0 Å². The molecule has 194 valence electrons. The summed E-state index contributed by atoms with van der Waals surface area (Å²) in [6.45, 7) is 10.1. The highest BCUT2D eigenvalue weighted by atomic mass is 19.1. The summed E-state index contributed by atoms with van der Waals surface area (Å²) in [5, 5.41) is 9.43. The normalized spacial score (nSPS) is 11.3. The fourth-order valence-electron chi connectivity index (χ4n) is 4.56. The van der Waals surface area contributed by atoms with E-state index in [9.17, 15) is 10.1 Å². The van der Waals surface area contributed by atoms with Gasteiger partial charge >= 0.3 is 0 Å². The fourth-order valence-corrected chi connectivity index (χ4v) is 4.56. The van der Waals surface area contributed by atoms with Gasteiger partial charge in [0.25, 0.3) is 5.56 Å². The maximum Gasteiger partial charge on any atom is 0.281 e. The first-order chi connectivity index (χ1) is 18.1. The molecule has 38 heavy (non-hydrogen) atoms. The van der Waals surface area contributed by atoms with Crippen molar-refractivity contribution in [3.05, 3.63) is 106 Å². The molecule has 0 bridgehead atoms. The van der Waals surface area contributed by atoms with Crippen molar-refractivity contribution in [2.24, 2.45) is 0 Å². The van der Waals surface area contributed by atoms with Crippen molar-refractivity contribution in [3.8, 4) is 34.1 Å². The van der Waals surface area contributed by atoms with E-state index >= 15 is 4.39 Å². The van der Waals surface area contributed by atoms with Gasteiger partial charge in [0.05, 0.1) is 23.7 Å². The summed E-state index contributed by atoms with van der Waals surface area (Å²) in [6.07, 6.45) is 1.40. The lowest BCUT2D eigenvalue weighted by molar-refractivity contribution is 0.131. The van der Waals surface area contributed by atoms with Crippen LogP contribution in [-0.2, 0) is 13.0 Å². The zero-order chi connectivity index (χ0) is 27.4. The van der Waals surface area contributed by atoms with E-state index in [1.165, 1.54) is 6.07 Å². The van der Waals surface area contributed by atoms with Crippen molar-refractivity contribution in [2.45, 2.75) is 59.6 Å². The van der Waals surface area contributed by atoms with E-state index < -0.39 is 0 Å². The first kappa shape index (κ1) is 26.8. The molecule has 0 atom stereocenters. The number of aromatic nitrogens is 2. The number of rotatable bonds is 7. The molecule has 0 N–H and O–H groups in total. The van der Waals surface area contributed by atoms with Gasteiger partial charge in [0.15, 0.2) is 0 Å². The lowest BCUT2D eigenvalue weighted by atomic mass is 9.99. The molecule has 0 saturated carbocycles. The minimum Gasteiger partial charge on any atom is -0.488 e. The summed E-state index contributed by atoms with van der Waals surface area (Å²) < 4.78 is 23.2. The van der Waals surface area contributed by atoms with Gasteiger partial charge in [0.2, 0.25) is 0 Å². The van der Waals surface area contributed by atoms with E-state index in [0.717, 1.165) is 23.4 Å². The van der Waals surface area contributed by atoms with E-state index in [4.69, 9.17) is 4.74 Å². The zero-order valence-corrected chi connectivity index (χ0v) is 22.5. The molecular weight excluding hydrogens is 477 g/mol. The van der Waals surface area contributed by atoms with Crippen LogP contribution in [0, 0.1) is 24.1 Å². The van der Waals surface area contributed by atoms with Crippen molar-refractivity contribution in [1.29, 1.82) is 5.26 Å². The molecule has 0 aliphatic heterocycles. The van der Waals surface area contributed by atoms with Crippen LogP contribution in [0.3, 0.4) is 0 Å². The summed E-state index contributed by atoms with van der Waals surface area (Å²) in [5.41, 5.74) is 3.65. The fraction of sp³-hybridized carbons (Fsp3) is 0.281. The summed E-state index contributed by atoms with van der Waals surface area (Å²) in [6, 6.07) is 21.8. The Balaban J connectivity index is 1.74. The molecule has 4 rings (SSSR count). The van der Waals surface area contributed by atoms with Gasteiger partial charge in [-0.3, -0.25) is 4.79 Å². The van der Waals surface area contributed by atoms with Crippen molar-refractivity contribution in [2.75, 3.05) is 0 Å². The predicted molar refractivity (Wildman–Crippen MR) is 149 cm³/mol. The molecule has 0 unspecified atom stereocenters. The van der Waals surface area contributed by atoms with Gasteiger partial charge in [-0.2, -0.15) is 10.2 Å². The van der Waals surface area contributed by atoms with E-state index in [1.807, 2.05) is 81.7 Å². The minimum atomic E-state index is -0.374. The van der Waals surface area contributed by atoms with Gasteiger partial charge in [-0.05, 0) is 75.1 Å². The van der Waals surface area contributed by atoms with Gasteiger partial charge in [-0.25, -0.2) is 4.39 Å². The van der Waals surface area contributed by atoms with Crippen LogP contribution in [0.1, 0.15) is 56.8 Å². The molecule has 0 saturated heterocycles. The molecule has 0 spiro atoms. The second kappa shape index (κ2) is 11.0. The number of nitrogens with zero attached hydrogens (tertiary/aromatic N) is 3. The Kier molecular flexibility index (Phi) is 7.78. The Morgan fingerprint density at radius 1 is 1.03 bits per heavy atom. The minimum absolute atomic E-state index is 0.235. The Hall–Kier alpha value is -4.24. The van der Waals surface area contributed by atoms with Crippen LogP contribution in [0.4, 0.5) is 4.39 Å². The third-order valence-electron chi connectivity index (χ3n) is 6.30. The van der Waals surface area contributed by atoms with Gasteiger partial charge in [-0.15, -0.1) is 0 Å². The zero-order valence-electron chi connectivity index (χ0n) is 22.5. The topological polar surface area (TPSA) is 67.9 Å². The van der Waals surface area contributed by atoms with Crippen molar-refractivity contribution in [1.82, 2.24) is 9.55 Å². The monoisotopic (exact) mass is 509 g/mol. The molecule has 0 aliphatic carbocycles. The number of aryl methyl sites for hydroxylation is 1. The predicted octanol–water partition coefficient (Wildman–Crippen LogP) is 7.07. The van der Waals surface area contributed by atoms with E-state index in [0.29, 0.717) is 40.1 Å². The maximum absolute atomic E-state index is 15.4. The number of hydrogen-bond donors (Lipinski definition) is 0. The first-order valence-electron chi connectivity index (χ1n) is 12.8. The quantitative estimate of drug-likeness (QED) is 0.267. The summed E-state index contributed by atoms with van der Waals surface area (Å²) >= 11 is 0. The van der Waals surface area contributed by atoms with Gasteiger partial charge in [0, 0.05) is 17.7 Å². The Bertz CT molecular complexity index is 1560. The van der Waals surface area contributed by atoms with Gasteiger partial charge in [-0.1, -0.05) is 49.4 Å². The van der Waals surface area contributed by atoms with Gasteiger partial charge < -0.3 is 9.30 Å². The molecular formula is C32H32FN3O2. The molecule has 1 heterocycles. The van der Waals surface area contributed by atoms with Crippen LogP contribution >= 0.6 is 0 Å². The van der Waals surface area contributed by atoms with Crippen LogP contribution < -0.4 is 10.3 Å².